The molecule has 1 heterocycles. The summed E-state index contributed by atoms with van der Waals surface area (Å²) in [6, 6.07) is 14.5. The number of nitrogens with zero attached hydrogens (tertiary/aromatic N) is 2. The van der Waals surface area contributed by atoms with Crippen molar-refractivity contribution in [3.8, 4) is 0 Å². The summed E-state index contributed by atoms with van der Waals surface area (Å²) in [6.07, 6.45) is 0.327. The van der Waals surface area contributed by atoms with Gasteiger partial charge in [-0.05, 0) is 29.8 Å². The summed E-state index contributed by atoms with van der Waals surface area (Å²) >= 11 is 1.18. The molecule has 0 radical (unpaired) electrons. The molecular formula is C17H15FN2O3S2. The second-order valence-corrected chi connectivity index (χ2v) is 8.40. The van der Waals surface area contributed by atoms with Crippen molar-refractivity contribution < 1.29 is 17.2 Å². The van der Waals surface area contributed by atoms with E-state index in [1.165, 1.54) is 23.9 Å². The first-order valence-corrected chi connectivity index (χ1v) is 10.1. The van der Waals surface area contributed by atoms with E-state index in [0.29, 0.717) is 28.2 Å². The largest absolute Gasteiger partial charge is 0.416 e. The van der Waals surface area contributed by atoms with E-state index < -0.39 is 9.84 Å². The van der Waals surface area contributed by atoms with E-state index in [4.69, 9.17) is 4.42 Å². The lowest BCUT2D eigenvalue weighted by Gasteiger charge is -2.02. The number of hydrogen-bond acceptors (Lipinski definition) is 6. The zero-order valence-corrected chi connectivity index (χ0v) is 14.8. The summed E-state index contributed by atoms with van der Waals surface area (Å²) in [5, 5.41) is 8.09. The standard InChI is InChI=1S/C17H15FN2O3S2/c18-14-6-4-5-13(11-14)12-16-19-20-17(23-16)24-9-10-25(21,22)15-7-2-1-3-8-15/h1-8,11H,9-10,12H2. The third-order valence-corrected chi connectivity index (χ3v) is 6.18. The van der Waals surface area contributed by atoms with Crippen LogP contribution in [0.2, 0.25) is 0 Å². The molecule has 130 valence electrons. The van der Waals surface area contributed by atoms with Crippen molar-refractivity contribution in [2.24, 2.45) is 0 Å². The van der Waals surface area contributed by atoms with Gasteiger partial charge in [0.2, 0.25) is 5.89 Å². The zero-order chi connectivity index (χ0) is 17.7. The highest BCUT2D eigenvalue weighted by Crippen LogP contribution is 2.20. The maximum absolute atomic E-state index is 13.2. The van der Waals surface area contributed by atoms with Crippen molar-refractivity contribution in [3.05, 3.63) is 71.9 Å². The Hall–Kier alpha value is -2.19. The normalized spacial score (nSPS) is 11.6. The van der Waals surface area contributed by atoms with Gasteiger partial charge in [0, 0.05) is 5.75 Å². The topological polar surface area (TPSA) is 73.1 Å². The molecule has 3 aromatic rings. The van der Waals surface area contributed by atoms with Crippen LogP contribution in [0.4, 0.5) is 4.39 Å². The molecule has 0 unspecified atom stereocenters. The lowest BCUT2D eigenvalue weighted by Crippen LogP contribution is -2.08. The molecule has 0 saturated carbocycles. The fraction of sp³-hybridized carbons (Fsp3) is 0.176. The van der Waals surface area contributed by atoms with Crippen molar-refractivity contribution in [2.45, 2.75) is 16.5 Å². The van der Waals surface area contributed by atoms with Crippen LogP contribution >= 0.6 is 11.8 Å². The number of thioether (sulfide) groups is 1. The van der Waals surface area contributed by atoms with Gasteiger partial charge in [0.25, 0.3) is 5.22 Å². The van der Waals surface area contributed by atoms with Gasteiger partial charge in [0.05, 0.1) is 17.1 Å². The molecule has 0 N–H and O–H groups in total. The van der Waals surface area contributed by atoms with Crippen molar-refractivity contribution in [3.63, 3.8) is 0 Å². The summed E-state index contributed by atoms with van der Waals surface area (Å²) in [7, 11) is -3.33. The number of rotatable bonds is 7. The molecule has 3 rings (SSSR count). The van der Waals surface area contributed by atoms with Crippen LogP contribution in [0.3, 0.4) is 0 Å². The van der Waals surface area contributed by atoms with Crippen molar-refractivity contribution in [2.75, 3.05) is 11.5 Å². The van der Waals surface area contributed by atoms with Gasteiger partial charge in [-0.1, -0.05) is 42.1 Å². The van der Waals surface area contributed by atoms with Gasteiger partial charge in [0.15, 0.2) is 9.84 Å². The molecule has 0 saturated heterocycles. The predicted molar refractivity (Wildman–Crippen MR) is 92.7 cm³/mol. The van der Waals surface area contributed by atoms with Gasteiger partial charge in [0.1, 0.15) is 5.82 Å². The Morgan fingerprint density at radius 1 is 1.04 bits per heavy atom. The van der Waals surface area contributed by atoms with Crippen LogP contribution in [-0.4, -0.2) is 30.1 Å². The van der Waals surface area contributed by atoms with Gasteiger partial charge < -0.3 is 4.42 Å². The average molecular weight is 378 g/mol. The van der Waals surface area contributed by atoms with Crippen molar-refractivity contribution >= 4 is 21.6 Å². The van der Waals surface area contributed by atoms with Crippen LogP contribution in [0.25, 0.3) is 0 Å². The molecule has 5 nitrogen and oxygen atoms in total. The molecule has 0 aliphatic carbocycles. The number of aromatic nitrogens is 2. The first-order chi connectivity index (χ1) is 12.0. The second-order valence-electron chi connectivity index (χ2n) is 5.25. The third-order valence-electron chi connectivity index (χ3n) is 3.37. The minimum Gasteiger partial charge on any atom is -0.416 e. The first kappa shape index (κ1) is 17.6. The molecule has 0 bridgehead atoms. The van der Waals surface area contributed by atoms with Crippen LogP contribution in [0.1, 0.15) is 11.5 Å². The molecule has 0 aliphatic rings. The number of benzene rings is 2. The van der Waals surface area contributed by atoms with Crippen LogP contribution in [0, 0.1) is 5.82 Å². The maximum Gasteiger partial charge on any atom is 0.276 e. The summed E-state index contributed by atoms with van der Waals surface area (Å²) in [6.45, 7) is 0. The highest BCUT2D eigenvalue weighted by atomic mass is 32.2. The summed E-state index contributed by atoms with van der Waals surface area (Å²) in [5.74, 6) is 0.319. The van der Waals surface area contributed by atoms with Crippen LogP contribution in [-0.2, 0) is 16.3 Å². The summed E-state index contributed by atoms with van der Waals surface area (Å²) < 4.78 is 43.0. The van der Waals surface area contributed by atoms with E-state index in [-0.39, 0.29) is 11.6 Å². The Labute approximate surface area is 149 Å². The van der Waals surface area contributed by atoms with E-state index in [0.717, 1.165) is 5.56 Å². The predicted octanol–water partition coefficient (Wildman–Crippen LogP) is 3.37. The SMILES string of the molecule is O=S(=O)(CCSc1nnc(Cc2cccc(F)c2)o1)c1ccccc1. The second kappa shape index (κ2) is 7.79. The van der Waals surface area contributed by atoms with Crippen molar-refractivity contribution in [1.29, 1.82) is 0 Å². The number of halogens is 1. The molecule has 0 aliphatic heterocycles. The molecule has 1 aromatic heterocycles. The van der Waals surface area contributed by atoms with Gasteiger partial charge in [-0.2, -0.15) is 0 Å². The fourth-order valence-electron chi connectivity index (χ4n) is 2.17. The molecule has 0 atom stereocenters. The Morgan fingerprint density at radius 2 is 1.84 bits per heavy atom. The first-order valence-electron chi connectivity index (χ1n) is 7.50. The van der Waals surface area contributed by atoms with Gasteiger partial charge in [-0.15, -0.1) is 10.2 Å². The average Bonchev–Trinajstić information content (AvgIpc) is 3.03. The minimum atomic E-state index is -3.33. The molecule has 0 amide bonds. The van der Waals surface area contributed by atoms with Gasteiger partial charge in [-0.25, -0.2) is 12.8 Å². The van der Waals surface area contributed by atoms with E-state index >= 15 is 0 Å². The third kappa shape index (κ3) is 4.90. The zero-order valence-electron chi connectivity index (χ0n) is 13.1. The van der Waals surface area contributed by atoms with E-state index in [1.807, 2.05) is 0 Å². The Morgan fingerprint density at radius 3 is 2.60 bits per heavy atom. The van der Waals surface area contributed by atoms with E-state index in [2.05, 4.69) is 10.2 Å². The smallest absolute Gasteiger partial charge is 0.276 e. The lowest BCUT2D eigenvalue weighted by atomic mass is 10.1. The number of sulfone groups is 1. The van der Waals surface area contributed by atoms with Gasteiger partial charge >= 0.3 is 0 Å². The monoisotopic (exact) mass is 378 g/mol. The molecule has 25 heavy (non-hydrogen) atoms. The molecule has 2 aromatic carbocycles. The molecule has 8 heteroatoms. The quantitative estimate of drug-likeness (QED) is 0.587. The van der Waals surface area contributed by atoms with Crippen molar-refractivity contribution in [1.82, 2.24) is 10.2 Å². The van der Waals surface area contributed by atoms with E-state index in [1.54, 1.807) is 42.5 Å². The highest BCUT2D eigenvalue weighted by molar-refractivity contribution is 8.00. The van der Waals surface area contributed by atoms with Crippen LogP contribution in [0.5, 0.6) is 0 Å². The van der Waals surface area contributed by atoms with Crippen LogP contribution in [0.15, 0.2) is 69.1 Å². The lowest BCUT2D eigenvalue weighted by molar-refractivity contribution is 0.420. The molecule has 0 spiro atoms. The maximum atomic E-state index is 13.2. The fourth-order valence-corrected chi connectivity index (χ4v) is 4.62. The van der Waals surface area contributed by atoms with Crippen LogP contribution < -0.4 is 0 Å². The molecular weight excluding hydrogens is 363 g/mol. The Kier molecular flexibility index (Phi) is 5.50. The highest BCUT2D eigenvalue weighted by Gasteiger charge is 2.15. The minimum absolute atomic E-state index is 0.0245. The summed E-state index contributed by atoms with van der Waals surface area (Å²) in [5.41, 5.74) is 0.729. The Bertz CT molecular complexity index is 943. The number of hydrogen-bond donors (Lipinski definition) is 0. The molecule has 0 fully saturated rings. The summed E-state index contributed by atoms with van der Waals surface area (Å²) in [4.78, 5) is 0.299. The Balaban J connectivity index is 1.55. The van der Waals surface area contributed by atoms with Gasteiger partial charge in [-0.3, -0.25) is 0 Å². The van der Waals surface area contributed by atoms with E-state index in [9.17, 15) is 12.8 Å².